The number of fused-ring (bicyclic) bond motifs is 1. The summed E-state index contributed by atoms with van der Waals surface area (Å²) in [6.07, 6.45) is 0. The first-order chi connectivity index (χ1) is 8.74. The maximum absolute atomic E-state index is 13.1. The van der Waals surface area contributed by atoms with Gasteiger partial charge in [-0.1, -0.05) is 24.3 Å². The third-order valence-corrected chi connectivity index (χ3v) is 2.93. The molecule has 18 heavy (non-hydrogen) atoms. The SMILES string of the molecule is O=C1Nc2ccccc2C1Nc1cccc(F)c1. The van der Waals surface area contributed by atoms with Crippen molar-refractivity contribution in [1.29, 1.82) is 0 Å². The van der Waals surface area contributed by atoms with Crippen LogP contribution in [0.15, 0.2) is 48.5 Å². The molecule has 0 bridgehead atoms. The van der Waals surface area contributed by atoms with E-state index < -0.39 is 6.04 Å². The number of benzene rings is 2. The third kappa shape index (κ3) is 1.82. The van der Waals surface area contributed by atoms with Crippen LogP contribution < -0.4 is 10.6 Å². The lowest BCUT2D eigenvalue weighted by atomic mass is 10.1. The number of nitrogens with one attached hydrogen (secondary N) is 2. The molecule has 3 nitrogen and oxygen atoms in total. The molecule has 0 aliphatic carbocycles. The molecule has 0 aromatic heterocycles. The van der Waals surface area contributed by atoms with Crippen molar-refractivity contribution < 1.29 is 9.18 Å². The summed E-state index contributed by atoms with van der Waals surface area (Å²) in [5.74, 6) is -0.452. The van der Waals surface area contributed by atoms with Gasteiger partial charge in [0.25, 0.3) is 5.91 Å². The van der Waals surface area contributed by atoms with Crippen LogP contribution in [0.5, 0.6) is 0 Å². The van der Waals surface area contributed by atoms with Crippen molar-refractivity contribution in [3.05, 3.63) is 59.9 Å². The Morgan fingerprint density at radius 3 is 2.78 bits per heavy atom. The number of amides is 1. The Bertz CT molecular complexity index is 612. The summed E-state index contributed by atoms with van der Waals surface area (Å²) in [5, 5.41) is 5.82. The van der Waals surface area contributed by atoms with Crippen molar-refractivity contribution in [3.8, 4) is 0 Å². The number of hydrogen-bond donors (Lipinski definition) is 2. The monoisotopic (exact) mass is 242 g/mol. The van der Waals surface area contributed by atoms with Gasteiger partial charge in [0, 0.05) is 16.9 Å². The zero-order valence-electron chi connectivity index (χ0n) is 9.48. The molecule has 2 N–H and O–H groups in total. The molecule has 1 unspecified atom stereocenters. The Balaban J connectivity index is 1.91. The number of hydrogen-bond acceptors (Lipinski definition) is 2. The summed E-state index contributed by atoms with van der Waals surface area (Å²) in [6.45, 7) is 0. The highest BCUT2D eigenvalue weighted by Gasteiger charge is 2.29. The Morgan fingerprint density at radius 1 is 1.11 bits per heavy atom. The van der Waals surface area contributed by atoms with Gasteiger partial charge in [-0.2, -0.15) is 0 Å². The second kappa shape index (κ2) is 4.14. The van der Waals surface area contributed by atoms with Gasteiger partial charge in [0.15, 0.2) is 0 Å². The number of halogens is 1. The number of carbonyl (C=O) groups is 1. The smallest absolute Gasteiger partial charge is 0.251 e. The van der Waals surface area contributed by atoms with Gasteiger partial charge in [0.2, 0.25) is 0 Å². The van der Waals surface area contributed by atoms with Gasteiger partial charge in [-0.05, 0) is 24.3 Å². The first-order valence-electron chi connectivity index (χ1n) is 5.66. The fourth-order valence-corrected chi connectivity index (χ4v) is 2.10. The van der Waals surface area contributed by atoms with E-state index in [0.29, 0.717) is 5.69 Å². The van der Waals surface area contributed by atoms with Crippen LogP contribution in [0.25, 0.3) is 0 Å². The molecule has 3 rings (SSSR count). The van der Waals surface area contributed by atoms with Gasteiger partial charge >= 0.3 is 0 Å². The topological polar surface area (TPSA) is 41.1 Å². The molecule has 2 aromatic carbocycles. The highest BCUT2D eigenvalue weighted by Crippen LogP contribution is 2.32. The van der Waals surface area contributed by atoms with E-state index in [9.17, 15) is 9.18 Å². The highest BCUT2D eigenvalue weighted by molar-refractivity contribution is 6.04. The molecule has 0 saturated carbocycles. The van der Waals surface area contributed by atoms with Crippen LogP contribution in [0, 0.1) is 5.82 Å². The molecule has 1 aliphatic rings. The number of anilines is 2. The molecular formula is C14H11FN2O. The molecule has 1 amide bonds. The normalized spacial score (nSPS) is 17.2. The van der Waals surface area contributed by atoms with Gasteiger partial charge in [-0.25, -0.2) is 4.39 Å². The van der Waals surface area contributed by atoms with Crippen LogP contribution in [0.2, 0.25) is 0 Å². The molecule has 4 heteroatoms. The average Bonchev–Trinajstić information content (AvgIpc) is 2.66. The van der Waals surface area contributed by atoms with E-state index in [2.05, 4.69) is 10.6 Å². The fraction of sp³-hybridized carbons (Fsp3) is 0.0714. The minimum Gasteiger partial charge on any atom is -0.370 e. The lowest BCUT2D eigenvalue weighted by molar-refractivity contribution is -0.116. The van der Waals surface area contributed by atoms with Crippen LogP contribution in [0.1, 0.15) is 11.6 Å². The van der Waals surface area contributed by atoms with Crippen molar-refractivity contribution in [1.82, 2.24) is 0 Å². The van der Waals surface area contributed by atoms with Crippen molar-refractivity contribution in [2.45, 2.75) is 6.04 Å². The molecule has 1 atom stereocenters. The molecule has 90 valence electrons. The van der Waals surface area contributed by atoms with E-state index in [-0.39, 0.29) is 11.7 Å². The molecule has 0 spiro atoms. The van der Waals surface area contributed by atoms with Crippen LogP contribution in [0.3, 0.4) is 0 Å². The van der Waals surface area contributed by atoms with E-state index >= 15 is 0 Å². The van der Waals surface area contributed by atoms with E-state index in [1.54, 1.807) is 12.1 Å². The zero-order valence-corrected chi connectivity index (χ0v) is 9.48. The Kier molecular flexibility index (Phi) is 2.48. The van der Waals surface area contributed by atoms with Crippen molar-refractivity contribution >= 4 is 17.3 Å². The van der Waals surface area contributed by atoms with Crippen molar-refractivity contribution in [3.63, 3.8) is 0 Å². The summed E-state index contributed by atoms with van der Waals surface area (Å²) >= 11 is 0. The third-order valence-electron chi connectivity index (χ3n) is 2.93. The predicted molar refractivity (Wildman–Crippen MR) is 67.8 cm³/mol. The summed E-state index contributed by atoms with van der Waals surface area (Å²) in [7, 11) is 0. The van der Waals surface area contributed by atoms with Gasteiger partial charge in [0.05, 0.1) is 0 Å². The lowest BCUT2D eigenvalue weighted by Crippen LogP contribution is -2.19. The average molecular weight is 242 g/mol. The number of rotatable bonds is 2. The number of carbonyl (C=O) groups excluding carboxylic acids is 1. The van der Waals surface area contributed by atoms with Crippen LogP contribution in [0.4, 0.5) is 15.8 Å². The summed E-state index contributed by atoms with van der Waals surface area (Å²) in [5.41, 5.74) is 2.27. The summed E-state index contributed by atoms with van der Waals surface area (Å²) in [6, 6.07) is 13.1. The minimum atomic E-state index is -0.469. The van der Waals surface area contributed by atoms with Gasteiger partial charge < -0.3 is 10.6 Å². The molecule has 0 saturated heterocycles. The van der Waals surface area contributed by atoms with Gasteiger partial charge in [-0.3, -0.25) is 4.79 Å². The molecule has 1 aliphatic heterocycles. The minimum absolute atomic E-state index is 0.125. The second-order valence-corrected chi connectivity index (χ2v) is 4.16. The Labute approximate surface area is 104 Å². The largest absolute Gasteiger partial charge is 0.370 e. The predicted octanol–water partition coefficient (Wildman–Crippen LogP) is 2.93. The molecule has 0 fully saturated rings. The zero-order chi connectivity index (χ0) is 12.5. The van der Waals surface area contributed by atoms with Crippen LogP contribution >= 0.6 is 0 Å². The first-order valence-corrected chi connectivity index (χ1v) is 5.66. The maximum atomic E-state index is 13.1. The summed E-state index contributed by atoms with van der Waals surface area (Å²) < 4.78 is 13.1. The maximum Gasteiger partial charge on any atom is 0.251 e. The van der Waals surface area contributed by atoms with Gasteiger partial charge in [-0.15, -0.1) is 0 Å². The van der Waals surface area contributed by atoms with Gasteiger partial charge in [0.1, 0.15) is 11.9 Å². The molecule has 2 aromatic rings. The molecular weight excluding hydrogens is 231 g/mol. The van der Waals surface area contributed by atoms with Crippen LogP contribution in [-0.4, -0.2) is 5.91 Å². The number of para-hydroxylation sites is 1. The van der Waals surface area contributed by atoms with Crippen molar-refractivity contribution in [2.75, 3.05) is 10.6 Å². The van der Waals surface area contributed by atoms with E-state index in [1.165, 1.54) is 12.1 Å². The van der Waals surface area contributed by atoms with Crippen molar-refractivity contribution in [2.24, 2.45) is 0 Å². The highest BCUT2D eigenvalue weighted by atomic mass is 19.1. The standard InChI is InChI=1S/C14H11FN2O/c15-9-4-3-5-10(8-9)16-13-11-6-1-2-7-12(11)17-14(13)18/h1-8,13,16H,(H,17,18). The Morgan fingerprint density at radius 2 is 1.94 bits per heavy atom. The lowest BCUT2D eigenvalue weighted by Gasteiger charge is -2.12. The molecule has 0 radical (unpaired) electrons. The van der Waals surface area contributed by atoms with E-state index in [1.807, 2.05) is 24.3 Å². The molecule has 1 heterocycles. The first kappa shape index (κ1) is 10.8. The Hall–Kier alpha value is -2.36. The van der Waals surface area contributed by atoms with E-state index in [4.69, 9.17) is 0 Å². The van der Waals surface area contributed by atoms with E-state index in [0.717, 1.165) is 11.3 Å². The quantitative estimate of drug-likeness (QED) is 0.850. The second-order valence-electron chi connectivity index (χ2n) is 4.16. The van der Waals surface area contributed by atoms with Crippen LogP contribution in [-0.2, 0) is 4.79 Å². The summed E-state index contributed by atoms with van der Waals surface area (Å²) in [4.78, 5) is 11.9. The fourth-order valence-electron chi connectivity index (χ4n) is 2.10.